The third kappa shape index (κ3) is 4.45. The van der Waals surface area contributed by atoms with Crippen LogP contribution >= 0.6 is 35.4 Å². The van der Waals surface area contributed by atoms with E-state index in [1.165, 1.54) is 6.26 Å². The molecule has 1 aliphatic heterocycles. The fourth-order valence-corrected chi connectivity index (χ4v) is 3.18. The normalized spacial score (nSPS) is 14.5. The molecule has 132 valence electrons. The molecule has 1 saturated heterocycles. The van der Waals surface area contributed by atoms with Crippen LogP contribution < -0.4 is 5.32 Å². The van der Waals surface area contributed by atoms with Gasteiger partial charge in [0.05, 0.1) is 16.3 Å². The number of hydrogen-bond donors (Lipinski definition) is 1. The van der Waals surface area contributed by atoms with Gasteiger partial charge in [-0.25, -0.2) is 0 Å². The van der Waals surface area contributed by atoms with E-state index >= 15 is 0 Å². The number of amides is 1. The molecule has 0 aliphatic carbocycles. The zero-order valence-electron chi connectivity index (χ0n) is 13.4. The van der Waals surface area contributed by atoms with Crippen molar-refractivity contribution < 1.29 is 9.21 Å². The van der Waals surface area contributed by atoms with Crippen LogP contribution in [0.25, 0.3) is 0 Å². The van der Waals surface area contributed by atoms with Gasteiger partial charge in [-0.05, 0) is 42.0 Å². The minimum Gasteiger partial charge on any atom is -0.459 e. The van der Waals surface area contributed by atoms with E-state index in [-0.39, 0.29) is 5.91 Å². The number of hydrogen-bond acceptors (Lipinski definition) is 3. The van der Waals surface area contributed by atoms with Gasteiger partial charge in [0.1, 0.15) is 0 Å². The van der Waals surface area contributed by atoms with Gasteiger partial charge < -0.3 is 19.5 Å². The average molecular weight is 398 g/mol. The average Bonchev–Trinajstić information content (AvgIpc) is 3.16. The molecule has 1 aliphatic rings. The molecule has 8 heteroatoms. The third-order valence-corrected chi connectivity index (χ3v) is 5.16. The van der Waals surface area contributed by atoms with Crippen LogP contribution in [0.3, 0.4) is 0 Å². The summed E-state index contributed by atoms with van der Waals surface area (Å²) in [6.45, 7) is 3.14. The first-order chi connectivity index (χ1) is 12.0. The summed E-state index contributed by atoms with van der Waals surface area (Å²) >= 11 is 17.4. The number of rotatable bonds is 3. The van der Waals surface area contributed by atoms with Gasteiger partial charge in [-0.1, -0.05) is 29.3 Å². The molecule has 3 rings (SSSR count). The molecule has 1 aromatic heterocycles. The standard InChI is InChI=1S/C17H17Cl2N3O2S/c18-13-4-3-12(10-14(13)19)11-20-17(25)22-7-5-21(6-8-22)16(23)15-2-1-9-24-15/h1-4,9-10H,5-8,11H2,(H,20,25). The molecule has 1 N–H and O–H groups in total. The molecule has 0 atom stereocenters. The van der Waals surface area contributed by atoms with Gasteiger partial charge in [-0.2, -0.15) is 0 Å². The van der Waals surface area contributed by atoms with Crippen LogP contribution in [0.2, 0.25) is 10.0 Å². The van der Waals surface area contributed by atoms with Gasteiger partial charge >= 0.3 is 0 Å². The van der Waals surface area contributed by atoms with Crippen molar-refractivity contribution >= 4 is 46.4 Å². The van der Waals surface area contributed by atoms with Gasteiger partial charge in [0.15, 0.2) is 10.9 Å². The predicted octanol–water partition coefficient (Wildman–Crippen LogP) is 3.42. The van der Waals surface area contributed by atoms with E-state index in [1.807, 2.05) is 12.1 Å². The summed E-state index contributed by atoms with van der Waals surface area (Å²) in [7, 11) is 0. The monoisotopic (exact) mass is 397 g/mol. The van der Waals surface area contributed by atoms with Crippen LogP contribution in [-0.2, 0) is 6.54 Å². The molecule has 2 aromatic rings. The second kappa shape index (κ2) is 8.08. The number of furan rings is 1. The molecule has 0 spiro atoms. The lowest BCUT2D eigenvalue weighted by molar-refractivity contribution is 0.0659. The Balaban J connectivity index is 1.48. The Morgan fingerprint density at radius 3 is 2.48 bits per heavy atom. The van der Waals surface area contributed by atoms with Crippen LogP contribution in [0.5, 0.6) is 0 Å². The van der Waals surface area contributed by atoms with Crippen molar-refractivity contribution in [2.75, 3.05) is 26.2 Å². The lowest BCUT2D eigenvalue weighted by atomic mass is 10.2. The summed E-state index contributed by atoms with van der Waals surface area (Å²) in [6.07, 6.45) is 1.51. The van der Waals surface area contributed by atoms with E-state index < -0.39 is 0 Å². The summed E-state index contributed by atoms with van der Waals surface area (Å²) in [4.78, 5) is 16.1. The molecule has 5 nitrogen and oxygen atoms in total. The van der Waals surface area contributed by atoms with Crippen molar-refractivity contribution in [2.45, 2.75) is 6.54 Å². The summed E-state index contributed by atoms with van der Waals surface area (Å²) < 4.78 is 5.17. The topological polar surface area (TPSA) is 48.7 Å². The predicted molar refractivity (Wildman–Crippen MR) is 102 cm³/mol. The first-order valence-corrected chi connectivity index (χ1v) is 9.00. The van der Waals surface area contributed by atoms with E-state index in [4.69, 9.17) is 39.8 Å². The summed E-state index contributed by atoms with van der Waals surface area (Å²) in [5.41, 5.74) is 1.00. The second-order valence-corrected chi connectivity index (χ2v) is 6.86. The van der Waals surface area contributed by atoms with Crippen molar-refractivity contribution in [1.82, 2.24) is 15.1 Å². The molecule has 2 heterocycles. The van der Waals surface area contributed by atoms with Crippen LogP contribution in [0.1, 0.15) is 16.1 Å². The highest BCUT2D eigenvalue weighted by Gasteiger charge is 2.24. The van der Waals surface area contributed by atoms with Crippen LogP contribution in [0, 0.1) is 0 Å². The van der Waals surface area contributed by atoms with Gasteiger partial charge in [0, 0.05) is 32.7 Å². The molecular weight excluding hydrogens is 381 g/mol. The quantitative estimate of drug-likeness (QED) is 0.803. The highest BCUT2D eigenvalue weighted by atomic mass is 35.5. The van der Waals surface area contributed by atoms with Gasteiger partial charge in [-0.15, -0.1) is 0 Å². The van der Waals surface area contributed by atoms with E-state index in [9.17, 15) is 4.79 Å². The highest BCUT2D eigenvalue weighted by molar-refractivity contribution is 7.80. The van der Waals surface area contributed by atoms with Gasteiger partial charge in [0.25, 0.3) is 5.91 Å². The number of thiocarbonyl (C=S) groups is 1. The zero-order valence-corrected chi connectivity index (χ0v) is 15.7. The molecule has 0 bridgehead atoms. The Morgan fingerprint density at radius 1 is 1.12 bits per heavy atom. The van der Waals surface area contributed by atoms with Crippen molar-refractivity contribution in [2.24, 2.45) is 0 Å². The van der Waals surface area contributed by atoms with Crippen molar-refractivity contribution in [1.29, 1.82) is 0 Å². The first kappa shape index (κ1) is 18.0. The Hall–Kier alpha value is -1.76. The minimum absolute atomic E-state index is 0.0840. The maximum absolute atomic E-state index is 12.2. The van der Waals surface area contributed by atoms with Crippen molar-refractivity contribution in [3.8, 4) is 0 Å². The Labute approximate surface area is 161 Å². The number of halogens is 2. The maximum atomic E-state index is 12.2. The lowest BCUT2D eigenvalue weighted by Gasteiger charge is -2.35. The van der Waals surface area contributed by atoms with E-state index in [0.717, 1.165) is 5.56 Å². The SMILES string of the molecule is O=C(c1ccco1)N1CCN(C(=S)NCc2ccc(Cl)c(Cl)c2)CC1. The first-order valence-electron chi connectivity index (χ1n) is 7.84. The molecule has 25 heavy (non-hydrogen) atoms. The molecule has 0 unspecified atom stereocenters. The van der Waals surface area contributed by atoms with Crippen molar-refractivity contribution in [3.05, 3.63) is 58.0 Å². The van der Waals surface area contributed by atoms with Gasteiger partial charge in [-0.3, -0.25) is 4.79 Å². The summed E-state index contributed by atoms with van der Waals surface area (Å²) in [5.74, 6) is 0.285. The molecular formula is C17H17Cl2N3O2S. The number of carbonyl (C=O) groups excluding carboxylic acids is 1. The van der Waals surface area contributed by atoms with E-state index in [1.54, 1.807) is 23.1 Å². The van der Waals surface area contributed by atoms with Gasteiger partial charge in [0.2, 0.25) is 0 Å². The number of nitrogens with zero attached hydrogens (tertiary/aromatic N) is 2. The highest BCUT2D eigenvalue weighted by Crippen LogP contribution is 2.22. The summed E-state index contributed by atoms with van der Waals surface area (Å²) in [6, 6.07) is 8.88. The van der Waals surface area contributed by atoms with Crippen molar-refractivity contribution in [3.63, 3.8) is 0 Å². The Morgan fingerprint density at radius 2 is 1.84 bits per heavy atom. The second-order valence-electron chi connectivity index (χ2n) is 5.66. The molecule has 1 aromatic carbocycles. The fraction of sp³-hybridized carbons (Fsp3) is 0.294. The van der Waals surface area contributed by atoms with E-state index in [0.29, 0.717) is 53.6 Å². The molecule has 0 radical (unpaired) electrons. The number of benzene rings is 1. The van der Waals surface area contributed by atoms with Crippen LogP contribution in [-0.4, -0.2) is 47.0 Å². The Kier molecular flexibility index (Phi) is 5.83. The van der Waals surface area contributed by atoms with E-state index in [2.05, 4.69) is 10.2 Å². The minimum atomic E-state index is -0.0840. The molecule has 0 saturated carbocycles. The third-order valence-electron chi connectivity index (χ3n) is 4.01. The smallest absolute Gasteiger partial charge is 0.289 e. The molecule has 1 fully saturated rings. The van der Waals surface area contributed by atoms with Crippen LogP contribution in [0.4, 0.5) is 0 Å². The molecule has 1 amide bonds. The Bertz CT molecular complexity index is 759. The van der Waals surface area contributed by atoms with Crippen LogP contribution in [0.15, 0.2) is 41.0 Å². The number of nitrogens with one attached hydrogen (secondary N) is 1. The maximum Gasteiger partial charge on any atom is 0.289 e. The number of piperazine rings is 1. The largest absolute Gasteiger partial charge is 0.459 e. The lowest BCUT2D eigenvalue weighted by Crippen LogP contribution is -2.52. The number of carbonyl (C=O) groups is 1. The zero-order chi connectivity index (χ0) is 17.8. The fourth-order valence-electron chi connectivity index (χ4n) is 2.61. The summed E-state index contributed by atoms with van der Waals surface area (Å²) in [5, 5.41) is 4.94.